The van der Waals surface area contributed by atoms with Crippen LogP contribution in [0.2, 0.25) is 0 Å². The van der Waals surface area contributed by atoms with Gasteiger partial charge in [-0.2, -0.15) is 9.78 Å². The van der Waals surface area contributed by atoms with E-state index in [4.69, 9.17) is 4.74 Å². The summed E-state index contributed by atoms with van der Waals surface area (Å²) in [7, 11) is 0. The van der Waals surface area contributed by atoms with Gasteiger partial charge in [0.25, 0.3) is 11.2 Å². The van der Waals surface area contributed by atoms with Gasteiger partial charge in [-0.1, -0.05) is 48.5 Å². The van der Waals surface area contributed by atoms with Crippen molar-refractivity contribution in [1.82, 2.24) is 9.78 Å². The summed E-state index contributed by atoms with van der Waals surface area (Å²) >= 11 is 0. The van der Waals surface area contributed by atoms with Crippen molar-refractivity contribution in [3.8, 4) is 16.9 Å². The van der Waals surface area contributed by atoms with Crippen molar-refractivity contribution in [3.05, 3.63) is 93.3 Å². The summed E-state index contributed by atoms with van der Waals surface area (Å²) in [6.45, 7) is 3.33. The third-order valence-electron chi connectivity index (χ3n) is 6.72. The van der Waals surface area contributed by atoms with E-state index in [2.05, 4.69) is 10.00 Å². The molecule has 4 aromatic rings. The average molecular weight is 499 g/mol. The van der Waals surface area contributed by atoms with Crippen molar-refractivity contribution in [2.24, 2.45) is 5.92 Å². The van der Waals surface area contributed by atoms with Crippen LogP contribution in [0.1, 0.15) is 19.8 Å². The Morgan fingerprint density at radius 1 is 1.03 bits per heavy atom. The second kappa shape index (κ2) is 10.2. The minimum absolute atomic E-state index is 0.1000. The lowest BCUT2D eigenvalue weighted by atomic mass is 9.96. The highest BCUT2D eigenvalue weighted by atomic mass is 16.6. The highest BCUT2D eigenvalue weighted by molar-refractivity contribution is 5.94. The van der Waals surface area contributed by atoms with Gasteiger partial charge in [0.05, 0.1) is 28.5 Å². The van der Waals surface area contributed by atoms with E-state index in [0.29, 0.717) is 49.0 Å². The zero-order valence-corrected chi connectivity index (χ0v) is 20.4. The van der Waals surface area contributed by atoms with Crippen molar-refractivity contribution in [2.75, 3.05) is 24.6 Å². The third-order valence-corrected chi connectivity index (χ3v) is 6.72. The molecule has 0 spiro atoms. The Morgan fingerprint density at radius 2 is 1.70 bits per heavy atom. The van der Waals surface area contributed by atoms with Gasteiger partial charge in [-0.15, -0.1) is 0 Å². The molecule has 9 heteroatoms. The first-order valence-electron chi connectivity index (χ1n) is 12.3. The van der Waals surface area contributed by atoms with E-state index in [9.17, 15) is 19.7 Å². The first-order chi connectivity index (χ1) is 18.0. The molecule has 0 amide bonds. The van der Waals surface area contributed by atoms with Crippen LogP contribution in [-0.4, -0.2) is 40.4 Å². The minimum atomic E-state index is -0.502. The van der Waals surface area contributed by atoms with Crippen LogP contribution in [-0.2, 0) is 9.53 Å². The lowest BCUT2D eigenvalue weighted by Gasteiger charge is -2.32. The van der Waals surface area contributed by atoms with Crippen LogP contribution in [0, 0.1) is 16.0 Å². The molecule has 3 aromatic carbocycles. The van der Waals surface area contributed by atoms with Crippen LogP contribution in [0.4, 0.5) is 11.4 Å². The van der Waals surface area contributed by atoms with Gasteiger partial charge in [-0.25, -0.2) is 0 Å². The van der Waals surface area contributed by atoms with E-state index in [-0.39, 0.29) is 23.3 Å². The van der Waals surface area contributed by atoms with Gasteiger partial charge in [0, 0.05) is 35.8 Å². The van der Waals surface area contributed by atoms with E-state index in [1.807, 2.05) is 42.5 Å². The minimum Gasteiger partial charge on any atom is -0.466 e. The summed E-state index contributed by atoms with van der Waals surface area (Å²) in [5.74, 6) is -0.348. The monoisotopic (exact) mass is 498 g/mol. The van der Waals surface area contributed by atoms with Crippen molar-refractivity contribution in [1.29, 1.82) is 0 Å². The lowest BCUT2D eigenvalue weighted by molar-refractivity contribution is -0.384. The lowest BCUT2D eigenvalue weighted by Crippen LogP contribution is -2.37. The zero-order valence-electron chi connectivity index (χ0n) is 20.4. The molecule has 1 saturated heterocycles. The molecular weight excluding hydrogens is 472 g/mol. The van der Waals surface area contributed by atoms with E-state index in [1.54, 1.807) is 31.2 Å². The molecule has 1 fully saturated rings. The first-order valence-corrected chi connectivity index (χ1v) is 12.3. The van der Waals surface area contributed by atoms with Crippen LogP contribution in [0.5, 0.6) is 0 Å². The van der Waals surface area contributed by atoms with Gasteiger partial charge in [-0.05, 0) is 38.0 Å². The molecule has 0 N–H and O–H groups in total. The van der Waals surface area contributed by atoms with Gasteiger partial charge in [0.15, 0.2) is 0 Å². The van der Waals surface area contributed by atoms with E-state index in [0.717, 1.165) is 15.9 Å². The molecule has 5 rings (SSSR count). The number of fused-ring (bicyclic) bond motifs is 1. The maximum absolute atomic E-state index is 13.6. The van der Waals surface area contributed by atoms with Crippen molar-refractivity contribution >= 4 is 28.1 Å². The fourth-order valence-corrected chi connectivity index (χ4v) is 4.83. The van der Waals surface area contributed by atoms with Gasteiger partial charge in [0.2, 0.25) is 0 Å². The summed E-state index contributed by atoms with van der Waals surface area (Å²) in [5.41, 5.74) is 1.54. The second-order valence-corrected chi connectivity index (χ2v) is 8.92. The number of nitro groups is 1. The maximum Gasteiger partial charge on any atom is 0.309 e. The highest BCUT2D eigenvalue weighted by Gasteiger charge is 2.28. The number of carbonyl (C=O) groups excluding carboxylic acids is 1. The molecule has 2 heterocycles. The molecule has 1 aromatic heterocycles. The van der Waals surface area contributed by atoms with E-state index >= 15 is 0 Å². The number of nitrogens with zero attached hydrogens (tertiary/aromatic N) is 4. The Kier molecular flexibility index (Phi) is 6.68. The van der Waals surface area contributed by atoms with Gasteiger partial charge < -0.3 is 9.64 Å². The van der Waals surface area contributed by atoms with Gasteiger partial charge in [-0.3, -0.25) is 19.7 Å². The Hall–Kier alpha value is -4.53. The third kappa shape index (κ3) is 4.67. The number of benzene rings is 3. The topological polar surface area (TPSA) is 108 Å². The van der Waals surface area contributed by atoms with Crippen LogP contribution in [0.25, 0.3) is 27.7 Å². The standard InChI is InChI=1S/C28H26N4O5/c1-2-37-28(34)20-14-16-30(17-15-20)21-12-13-24(32(35)36)25(18-21)31-27(33)23-11-7-6-10-22(23)26(29-31)19-8-4-3-5-9-19/h3-13,18,20H,2,14-17H2,1H3. The summed E-state index contributed by atoms with van der Waals surface area (Å²) in [4.78, 5) is 39.2. The maximum atomic E-state index is 13.6. The number of hydrogen-bond acceptors (Lipinski definition) is 7. The number of anilines is 1. The molecule has 0 aliphatic carbocycles. The van der Waals surface area contributed by atoms with Crippen molar-refractivity contribution < 1.29 is 14.5 Å². The molecule has 0 bridgehead atoms. The highest BCUT2D eigenvalue weighted by Crippen LogP contribution is 2.32. The Labute approximate surface area is 213 Å². The van der Waals surface area contributed by atoms with Crippen LogP contribution >= 0.6 is 0 Å². The molecule has 188 valence electrons. The number of esters is 1. The molecule has 1 aliphatic rings. The van der Waals surface area contributed by atoms with Crippen LogP contribution in [0.15, 0.2) is 77.6 Å². The molecule has 1 aliphatic heterocycles. The quantitative estimate of drug-likeness (QED) is 0.215. The number of carbonyl (C=O) groups is 1. The number of ether oxygens (including phenoxy) is 1. The fourth-order valence-electron chi connectivity index (χ4n) is 4.83. The average Bonchev–Trinajstić information content (AvgIpc) is 2.94. The largest absolute Gasteiger partial charge is 0.466 e. The number of hydrogen-bond donors (Lipinski definition) is 0. The number of nitro benzene ring substituents is 1. The summed E-state index contributed by atoms with van der Waals surface area (Å²) in [5, 5.41) is 17.7. The number of piperidine rings is 1. The molecule has 0 radical (unpaired) electrons. The molecular formula is C28H26N4O5. The number of rotatable bonds is 6. The summed E-state index contributed by atoms with van der Waals surface area (Å²) in [6.07, 6.45) is 1.25. The predicted octanol–water partition coefficient (Wildman–Crippen LogP) is 4.74. The van der Waals surface area contributed by atoms with Gasteiger partial charge >= 0.3 is 5.97 Å². The second-order valence-electron chi connectivity index (χ2n) is 8.92. The Bertz CT molecular complexity index is 1530. The van der Waals surface area contributed by atoms with Crippen molar-refractivity contribution in [3.63, 3.8) is 0 Å². The smallest absolute Gasteiger partial charge is 0.309 e. The Morgan fingerprint density at radius 3 is 2.38 bits per heavy atom. The molecule has 0 saturated carbocycles. The molecule has 37 heavy (non-hydrogen) atoms. The van der Waals surface area contributed by atoms with E-state index in [1.165, 1.54) is 6.07 Å². The van der Waals surface area contributed by atoms with Crippen molar-refractivity contribution in [2.45, 2.75) is 19.8 Å². The first kappa shape index (κ1) is 24.2. The number of aromatic nitrogens is 2. The Balaban J connectivity index is 1.61. The fraction of sp³-hybridized carbons (Fsp3) is 0.250. The summed E-state index contributed by atoms with van der Waals surface area (Å²) < 4.78 is 6.30. The van der Waals surface area contributed by atoms with E-state index < -0.39 is 10.5 Å². The molecule has 0 unspecified atom stereocenters. The SMILES string of the molecule is CCOC(=O)C1CCN(c2ccc([N+](=O)[O-])c(-n3nc(-c4ccccc4)c4ccccc4c3=O)c2)CC1. The van der Waals surface area contributed by atoms with Crippen LogP contribution in [0.3, 0.4) is 0 Å². The molecule has 0 atom stereocenters. The normalized spacial score (nSPS) is 14.0. The molecule has 9 nitrogen and oxygen atoms in total. The predicted molar refractivity (Wildman–Crippen MR) is 141 cm³/mol. The zero-order chi connectivity index (χ0) is 25.9. The van der Waals surface area contributed by atoms with Gasteiger partial charge in [0.1, 0.15) is 5.69 Å². The summed E-state index contributed by atoms with van der Waals surface area (Å²) in [6, 6.07) is 21.3. The van der Waals surface area contributed by atoms with Crippen LogP contribution < -0.4 is 10.5 Å².